The minimum Gasteiger partial charge on any atom is -0.481 e. The van der Waals surface area contributed by atoms with E-state index in [-0.39, 0.29) is 25.3 Å². The minimum absolute atomic E-state index is 0.0257. The van der Waals surface area contributed by atoms with Gasteiger partial charge in [-0.3, -0.25) is 4.79 Å². The third-order valence-corrected chi connectivity index (χ3v) is 5.33. The van der Waals surface area contributed by atoms with Crippen LogP contribution in [0.1, 0.15) is 18.4 Å². The van der Waals surface area contributed by atoms with E-state index in [2.05, 4.69) is 21.1 Å². The maximum Gasteiger partial charge on any atom is 0.407 e. The fraction of sp³-hybridized carbons (Fsp3) is 0.438. The van der Waals surface area contributed by atoms with Crippen LogP contribution in [0.25, 0.3) is 0 Å². The van der Waals surface area contributed by atoms with Crippen molar-refractivity contribution in [2.75, 3.05) is 13.1 Å². The number of piperidine rings is 1. The van der Waals surface area contributed by atoms with Crippen LogP contribution in [0.5, 0.6) is 5.75 Å². The fourth-order valence-corrected chi connectivity index (χ4v) is 4.20. The second-order valence-corrected chi connectivity index (χ2v) is 7.34. The lowest BCUT2D eigenvalue weighted by atomic mass is 9.86. The number of nitrogens with zero attached hydrogens (tertiary/aromatic N) is 2. The summed E-state index contributed by atoms with van der Waals surface area (Å²) in [6.07, 6.45) is -0.517. The van der Waals surface area contributed by atoms with Crippen LogP contribution in [-0.4, -0.2) is 52.0 Å². The van der Waals surface area contributed by atoms with Gasteiger partial charge in [0.1, 0.15) is 5.75 Å². The van der Waals surface area contributed by atoms with Gasteiger partial charge in [0.05, 0.1) is 16.1 Å². The molecule has 1 unspecified atom stereocenters. The predicted molar refractivity (Wildman–Crippen MR) is 93.8 cm³/mol. The number of carbonyl (C=O) groups is 2. The summed E-state index contributed by atoms with van der Waals surface area (Å²) in [5.74, 6) is -0.499. The van der Waals surface area contributed by atoms with Crippen molar-refractivity contribution < 1.29 is 24.6 Å². The third-order valence-electron chi connectivity index (χ3n) is 4.52. The molecule has 1 aromatic carbocycles. The lowest BCUT2D eigenvalue weighted by Gasteiger charge is -2.34. The normalized spacial score (nSPS) is 24.6. The van der Waals surface area contributed by atoms with Gasteiger partial charge in [-0.2, -0.15) is 0 Å². The number of hydrogen-bond donors (Lipinski definition) is 2. The number of oxime groups is 1. The number of aryl methyl sites for hydroxylation is 1. The summed E-state index contributed by atoms with van der Waals surface area (Å²) in [6, 6.07) is 3.50. The standard InChI is InChI=1S/C16H16BrClN2O5/c17-11-6-9(18)5-8-1-2-13(25-15(8)11)14(21)10-7-20(16(22)23)4-3-12(10)19-24/h5-6,10,13,24H,1-4,7H2,(H,22,23)/b19-12-/t10?,13-/m1/s1. The van der Waals surface area contributed by atoms with Crippen molar-refractivity contribution >= 4 is 45.1 Å². The lowest BCUT2D eigenvalue weighted by molar-refractivity contribution is -0.129. The Morgan fingerprint density at radius 1 is 1.36 bits per heavy atom. The average Bonchev–Trinajstić information content (AvgIpc) is 2.60. The molecule has 134 valence electrons. The molecule has 2 atom stereocenters. The number of benzene rings is 1. The first-order valence-corrected chi connectivity index (χ1v) is 8.94. The Hall–Kier alpha value is -1.80. The smallest absolute Gasteiger partial charge is 0.407 e. The molecule has 7 nitrogen and oxygen atoms in total. The molecule has 1 saturated heterocycles. The van der Waals surface area contributed by atoms with Gasteiger partial charge in [-0.1, -0.05) is 16.8 Å². The topological polar surface area (TPSA) is 99.4 Å². The Morgan fingerprint density at radius 2 is 2.12 bits per heavy atom. The van der Waals surface area contributed by atoms with Crippen molar-refractivity contribution in [2.45, 2.75) is 25.4 Å². The molecular formula is C16H16BrClN2O5. The summed E-state index contributed by atoms with van der Waals surface area (Å²) < 4.78 is 6.53. The van der Waals surface area contributed by atoms with Crippen molar-refractivity contribution in [2.24, 2.45) is 11.1 Å². The van der Waals surface area contributed by atoms with Crippen molar-refractivity contribution in [3.8, 4) is 5.75 Å². The molecule has 1 amide bonds. The lowest BCUT2D eigenvalue weighted by Crippen LogP contribution is -2.50. The molecule has 0 bridgehead atoms. The Balaban J connectivity index is 1.81. The molecule has 1 aromatic rings. The molecular weight excluding hydrogens is 416 g/mol. The molecule has 1 fully saturated rings. The number of likely N-dealkylation sites (tertiary alicyclic amines) is 1. The second-order valence-electron chi connectivity index (χ2n) is 6.05. The van der Waals surface area contributed by atoms with Gasteiger partial charge in [0, 0.05) is 24.5 Å². The van der Waals surface area contributed by atoms with Crippen LogP contribution in [0.3, 0.4) is 0 Å². The number of halogens is 2. The van der Waals surface area contributed by atoms with Gasteiger partial charge in [0.2, 0.25) is 0 Å². The van der Waals surface area contributed by atoms with E-state index in [9.17, 15) is 14.8 Å². The Bertz CT molecular complexity index is 754. The molecule has 0 radical (unpaired) electrons. The van der Waals surface area contributed by atoms with E-state index in [1.165, 1.54) is 0 Å². The number of carboxylic acid groups (broad SMARTS) is 1. The van der Waals surface area contributed by atoms with E-state index in [0.717, 1.165) is 10.5 Å². The number of rotatable bonds is 2. The fourth-order valence-electron chi connectivity index (χ4n) is 3.23. The van der Waals surface area contributed by atoms with Gasteiger partial charge in [-0.25, -0.2) is 4.79 Å². The van der Waals surface area contributed by atoms with Gasteiger partial charge in [0.25, 0.3) is 0 Å². The Morgan fingerprint density at radius 3 is 2.80 bits per heavy atom. The molecule has 2 heterocycles. The summed E-state index contributed by atoms with van der Waals surface area (Å²) in [6.45, 7) is 0.180. The minimum atomic E-state index is -1.10. The van der Waals surface area contributed by atoms with E-state index in [0.29, 0.717) is 33.8 Å². The summed E-state index contributed by atoms with van der Waals surface area (Å²) in [7, 11) is 0. The van der Waals surface area contributed by atoms with Crippen LogP contribution in [0.15, 0.2) is 21.8 Å². The van der Waals surface area contributed by atoms with Crippen LogP contribution >= 0.6 is 27.5 Å². The summed E-state index contributed by atoms with van der Waals surface area (Å²) in [5, 5.41) is 22.1. The second kappa shape index (κ2) is 7.21. The van der Waals surface area contributed by atoms with Crippen LogP contribution in [-0.2, 0) is 11.2 Å². The number of fused-ring (bicyclic) bond motifs is 1. The zero-order valence-corrected chi connectivity index (χ0v) is 15.5. The molecule has 0 saturated carbocycles. The first-order valence-electron chi connectivity index (χ1n) is 7.77. The van der Waals surface area contributed by atoms with Crippen molar-refractivity contribution in [3.63, 3.8) is 0 Å². The molecule has 25 heavy (non-hydrogen) atoms. The monoisotopic (exact) mass is 430 g/mol. The number of Topliss-reactive ketones (excluding diaryl/α,β-unsaturated/α-hetero) is 1. The number of carbonyl (C=O) groups excluding carboxylic acids is 1. The van der Waals surface area contributed by atoms with Gasteiger partial charge in [-0.15, -0.1) is 0 Å². The van der Waals surface area contributed by atoms with Crippen molar-refractivity contribution in [3.05, 3.63) is 27.2 Å². The molecule has 0 aliphatic carbocycles. The first kappa shape index (κ1) is 18.0. The van der Waals surface area contributed by atoms with Crippen LogP contribution in [0.4, 0.5) is 4.79 Å². The van der Waals surface area contributed by atoms with Crippen molar-refractivity contribution in [1.29, 1.82) is 0 Å². The average molecular weight is 432 g/mol. The summed E-state index contributed by atoms with van der Waals surface area (Å²) in [4.78, 5) is 25.3. The molecule has 9 heteroatoms. The maximum absolute atomic E-state index is 12.9. The molecule has 0 spiro atoms. The maximum atomic E-state index is 12.9. The van der Waals surface area contributed by atoms with Crippen LogP contribution in [0.2, 0.25) is 5.02 Å². The largest absolute Gasteiger partial charge is 0.481 e. The number of hydrogen-bond acceptors (Lipinski definition) is 5. The Labute approximate surface area is 157 Å². The molecule has 2 aliphatic rings. The van der Waals surface area contributed by atoms with Gasteiger partial charge in [-0.05, 0) is 46.5 Å². The highest BCUT2D eigenvalue weighted by atomic mass is 79.9. The molecule has 3 rings (SSSR count). The van der Waals surface area contributed by atoms with Gasteiger partial charge in [0.15, 0.2) is 11.9 Å². The SMILES string of the molecule is O=C(C1CN(C(=O)O)CC/C1=N/O)[C@H]1CCc2cc(Cl)cc(Br)c2O1. The highest BCUT2D eigenvalue weighted by Crippen LogP contribution is 2.38. The highest BCUT2D eigenvalue weighted by Gasteiger charge is 2.39. The Kier molecular flexibility index (Phi) is 5.19. The first-order chi connectivity index (χ1) is 11.9. The number of ether oxygens (including phenoxy) is 1. The predicted octanol–water partition coefficient (Wildman–Crippen LogP) is 3.20. The van der Waals surface area contributed by atoms with E-state index in [1.54, 1.807) is 12.1 Å². The number of amides is 1. The van der Waals surface area contributed by atoms with E-state index in [4.69, 9.17) is 21.4 Å². The summed E-state index contributed by atoms with van der Waals surface area (Å²) >= 11 is 9.42. The van der Waals surface area contributed by atoms with E-state index >= 15 is 0 Å². The zero-order valence-electron chi connectivity index (χ0n) is 13.1. The van der Waals surface area contributed by atoms with E-state index in [1.807, 2.05) is 0 Å². The van der Waals surface area contributed by atoms with Crippen molar-refractivity contribution in [1.82, 2.24) is 4.90 Å². The molecule has 0 aromatic heterocycles. The van der Waals surface area contributed by atoms with Crippen LogP contribution < -0.4 is 4.74 Å². The van der Waals surface area contributed by atoms with Gasteiger partial charge >= 0.3 is 6.09 Å². The highest BCUT2D eigenvalue weighted by molar-refractivity contribution is 9.10. The molecule has 2 N–H and O–H groups in total. The third kappa shape index (κ3) is 3.59. The summed E-state index contributed by atoms with van der Waals surface area (Å²) in [5.41, 5.74) is 1.21. The van der Waals surface area contributed by atoms with E-state index < -0.39 is 18.1 Å². The quantitative estimate of drug-likeness (QED) is 0.553. The van der Waals surface area contributed by atoms with Crippen LogP contribution in [0, 0.1) is 5.92 Å². The molecule has 2 aliphatic heterocycles. The number of ketones is 1. The van der Waals surface area contributed by atoms with Gasteiger partial charge < -0.3 is 20.0 Å². The zero-order chi connectivity index (χ0) is 18.1.